The van der Waals surface area contributed by atoms with Gasteiger partial charge < -0.3 is 0 Å². The first-order chi connectivity index (χ1) is 5.95. The summed E-state index contributed by atoms with van der Waals surface area (Å²) in [6.07, 6.45) is 14.0. The molecule has 0 saturated heterocycles. The number of allylic oxidation sites excluding steroid dienone is 2. The first-order valence-corrected chi connectivity index (χ1v) is 4.73. The number of H-pyrrole nitrogens is 1. The van der Waals surface area contributed by atoms with Crippen LogP contribution in [-0.4, -0.2) is 11.9 Å². The second-order valence-corrected chi connectivity index (χ2v) is 3.54. The minimum absolute atomic E-state index is 0.787. The van der Waals surface area contributed by atoms with Crippen LogP contribution in [0.2, 0.25) is 0 Å². The summed E-state index contributed by atoms with van der Waals surface area (Å²) >= 11 is 0. The van der Waals surface area contributed by atoms with Crippen molar-refractivity contribution in [1.82, 2.24) is 4.98 Å². The molecule has 0 aromatic carbocycles. The Morgan fingerprint density at radius 2 is 2.58 bits per heavy atom. The molecule has 62 valence electrons. The predicted molar refractivity (Wildman–Crippen MR) is 52.3 cm³/mol. The van der Waals surface area contributed by atoms with Gasteiger partial charge >= 0.3 is 73.4 Å². The van der Waals surface area contributed by atoms with Gasteiger partial charge in [-0.3, -0.25) is 0 Å². The van der Waals surface area contributed by atoms with E-state index < -0.39 is 0 Å². The molecule has 1 aromatic heterocycles. The van der Waals surface area contributed by atoms with Crippen molar-refractivity contribution < 1.29 is 0 Å². The summed E-state index contributed by atoms with van der Waals surface area (Å²) in [6.45, 7) is 2.17. The number of rotatable bonds is 2. The first kappa shape index (κ1) is 7.84. The fourth-order valence-electron chi connectivity index (χ4n) is 1.84. The van der Waals surface area contributed by atoms with E-state index in [2.05, 4.69) is 30.2 Å². The van der Waals surface area contributed by atoms with Crippen molar-refractivity contribution in [3.63, 3.8) is 0 Å². The molecule has 1 N–H and O–H groups in total. The van der Waals surface area contributed by atoms with Crippen molar-refractivity contribution >= 4 is 6.91 Å². The van der Waals surface area contributed by atoms with Gasteiger partial charge in [-0.25, -0.2) is 0 Å². The average molecular weight is 159 g/mol. The Kier molecular flexibility index (Phi) is 2.45. The van der Waals surface area contributed by atoms with E-state index in [1.807, 2.05) is 6.09 Å². The van der Waals surface area contributed by atoms with Gasteiger partial charge in [-0.2, -0.15) is 0 Å². The molecule has 0 bridgehead atoms. The minimum atomic E-state index is 0.787. The van der Waals surface area contributed by atoms with Crippen LogP contribution < -0.4 is 0 Å². The van der Waals surface area contributed by atoms with Crippen LogP contribution in [-0.2, 0) is 6.42 Å². The van der Waals surface area contributed by atoms with Gasteiger partial charge in [0.1, 0.15) is 0 Å². The van der Waals surface area contributed by atoms with Gasteiger partial charge in [0.2, 0.25) is 0 Å². The van der Waals surface area contributed by atoms with Crippen LogP contribution in [0.3, 0.4) is 0 Å². The van der Waals surface area contributed by atoms with E-state index in [4.69, 9.17) is 0 Å². The third kappa shape index (κ3) is 1.87. The molecule has 0 saturated carbocycles. The molecule has 1 aromatic rings. The van der Waals surface area contributed by atoms with Crippen LogP contribution in [0, 0.1) is 5.92 Å². The molecule has 1 aliphatic rings. The standard InChI is InChI=1S/C10H14BN/c1-2-4-9(5-3-1)6-10-7-12-8-11-10/h2,4,7-9,12H,1,3,5-6H2. The summed E-state index contributed by atoms with van der Waals surface area (Å²) in [6, 6.07) is 0. The second-order valence-electron chi connectivity index (χ2n) is 3.54. The van der Waals surface area contributed by atoms with Gasteiger partial charge in [-0.05, 0) is 0 Å². The summed E-state index contributed by atoms with van der Waals surface area (Å²) in [4.78, 5) is 3.10. The summed E-state index contributed by atoms with van der Waals surface area (Å²) < 4.78 is 0. The number of hydrogen-bond acceptors (Lipinski definition) is 0. The average Bonchev–Trinajstić information content (AvgIpc) is 2.59. The van der Waals surface area contributed by atoms with Crippen LogP contribution in [0.15, 0.2) is 24.4 Å². The Hall–Kier alpha value is -0.785. The molecule has 0 amide bonds. The van der Waals surface area contributed by atoms with Crippen LogP contribution in [0.4, 0.5) is 0 Å². The summed E-state index contributed by atoms with van der Waals surface area (Å²) in [7, 11) is 0. The Labute approximate surface area is 74.1 Å². The molecule has 0 fully saturated rings. The van der Waals surface area contributed by atoms with Crippen LogP contribution >= 0.6 is 0 Å². The maximum atomic E-state index is 3.10. The molecule has 12 heavy (non-hydrogen) atoms. The van der Waals surface area contributed by atoms with Gasteiger partial charge in [0, 0.05) is 0 Å². The molecule has 2 rings (SSSR count). The molecule has 0 radical (unpaired) electrons. The van der Waals surface area contributed by atoms with Crippen LogP contribution in [0.1, 0.15) is 24.7 Å². The third-order valence-corrected chi connectivity index (χ3v) is 2.51. The van der Waals surface area contributed by atoms with Gasteiger partial charge in [-0.15, -0.1) is 0 Å². The van der Waals surface area contributed by atoms with Crippen molar-refractivity contribution in [3.05, 3.63) is 29.9 Å². The molecule has 1 unspecified atom stereocenters. The van der Waals surface area contributed by atoms with Crippen molar-refractivity contribution in [2.75, 3.05) is 0 Å². The zero-order chi connectivity index (χ0) is 8.23. The molecule has 1 nitrogen and oxygen atoms in total. The number of hydrogen-bond donors (Lipinski definition) is 1. The topological polar surface area (TPSA) is 15.8 Å². The molecular weight excluding hydrogens is 145 g/mol. The molecular formula is C10H14BN. The van der Waals surface area contributed by atoms with Crippen molar-refractivity contribution in [1.29, 1.82) is 0 Å². The molecule has 0 aliphatic heterocycles. The fourth-order valence-corrected chi connectivity index (χ4v) is 1.84. The number of aromatic nitrogens is 1. The van der Waals surface area contributed by atoms with E-state index >= 15 is 0 Å². The third-order valence-electron chi connectivity index (χ3n) is 2.51. The van der Waals surface area contributed by atoms with Crippen molar-refractivity contribution in [2.45, 2.75) is 25.7 Å². The molecule has 0 spiro atoms. The first-order valence-electron chi connectivity index (χ1n) is 4.73. The van der Waals surface area contributed by atoms with Crippen molar-refractivity contribution in [2.24, 2.45) is 5.92 Å². The fraction of sp³-hybridized carbons (Fsp3) is 0.500. The summed E-state index contributed by atoms with van der Waals surface area (Å²) in [5.74, 6) is 0.787. The second kappa shape index (κ2) is 3.75. The van der Waals surface area contributed by atoms with E-state index in [1.54, 1.807) is 0 Å². The number of nitrogens with one attached hydrogen (secondary N) is 1. The molecule has 2 heteroatoms. The zero-order valence-corrected chi connectivity index (χ0v) is 7.29. The maximum absolute atomic E-state index is 3.10. The molecule has 1 heterocycles. The van der Waals surface area contributed by atoms with Gasteiger partial charge in [0.15, 0.2) is 0 Å². The SMILES string of the molecule is b1c[nH]cc1CC1C=CCCC1. The zero-order valence-electron chi connectivity index (χ0n) is 7.29. The summed E-state index contributed by atoms with van der Waals surface area (Å²) in [5, 5.41) is 0. The van der Waals surface area contributed by atoms with Crippen molar-refractivity contribution in [3.8, 4) is 0 Å². The van der Waals surface area contributed by atoms with Crippen LogP contribution in [0.5, 0.6) is 0 Å². The Bertz CT molecular complexity index is 251. The van der Waals surface area contributed by atoms with E-state index in [0.717, 1.165) is 5.92 Å². The monoisotopic (exact) mass is 159 g/mol. The summed E-state index contributed by atoms with van der Waals surface area (Å²) in [5.41, 5.74) is 1.44. The Morgan fingerprint density at radius 3 is 3.25 bits per heavy atom. The van der Waals surface area contributed by atoms with E-state index in [-0.39, 0.29) is 0 Å². The van der Waals surface area contributed by atoms with Gasteiger partial charge in [0.25, 0.3) is 0 Å². The van der Waals surface area contributed by atoms with Gasteiger partial charge in [-0.1, -0.05) is 0 Å². The van der Waals surface area contributed by atoms with Gasteiger partial charge in [0.05, 0.1) is 0 Å². The molecule has 1 atom stereocenters. The van der Waals surface area contributed by atoms with Crippen LogP contribution in [0.25, 0.3) is 0 Å². The Morgan fingerprint density at radius 1 is 1.58 bits per heavy atom. The quantitative estimate of drug-likeness (QED) is 0.637. The molecule has 1 aliphatic carbocycles. The number of aromatic amines is 1. The van der Waals surface area contributed by atoms with E-state index in [1.165, 1.54) is 31.1 Å². The predicted octanol–water partition coefficient (Wildman–Crippen LogP) is 2.25. The normalized spacial score (nSPS) is 22.5. The van der Waals surface area contributed by atoms with E-state index in [9.17, 15) is 0 Å². The Balaban J connectivity index is 1.94. The van der Waals surface area contributed by atoms with E-state index in [0.29, 0.717) is 0 Å².